The van der Waals surface area contributed by atoms with Crippen molar-refractivity contribution >= 4 is 93.3 Å². The maximum Gasteiger partial charge on any atom is 0.159 e. The molecule has 3 heterocycles. The number of nitrogens with zero attached hydrogens (tertiary/aromatic N) is 2. The number of aromatic nitrogens is 1. The van der Waals surface area contributed by atoms with Gasteiger partial charge in [-0.05, 0) is 93.7 Å². The van der Waals surface area contributed by atoms with Crippen molar-refractivity contribution in [3.63, 3.8) is 0 Å². The Bertz CT molecular complexity index is 3500. The molecule has 0 fully saturated rings. The van der Waals surface area contributed by atoms with Crippen molar-refractivity contribution < 1.29 is 8.83 Å². The first-order valence-electron chi connectivity index (χ1n) is 19.4. The maximum atomic E-state index is 6.61. The Morgan fingerprint density at radius 3 is 1.93 bits per heavy atom. The van der Waals surface area contributed by atoms with Crippen LogP contribution in [0.5, 0.6) is 0 Å². The number of para-hydroxylation sites is 2. The summed E-state index contributed by atoms with van der Waals surface area (Å²) < 4.78 is 14.1. The summed E-state index contributed by atoms with van der Waals surface area (Å²) in [5, 5.41) is 7.80. The van der Waals surface area contributed by atoms with Crippen LogP contribution in [0, 0.1) is 0 Å². The van der Waals surface area contributed by atoms with Crippen LogP contribution in [0.3, 0.4) is 0 Å². The quantitative estimate of drug-likeness (QED) is 0.169. The molecule has 272 valence electrons. The van der Waals surface area contributed by atoms with Gasteiger partial charge in [0.25, 0.3) is 0 Å². The van der Waals surface area contributed by atoms with E-state index in [1.165, 1.54) is 21.9 Å². The molecule has 9 aromatic carbocycles. The van der Waals surface area contributed by atoms with Crippen molar-refractivity contribution in [1.82, 2.24) is 4.98 Å². The minimum Gasteiger partial charge on any atom is -0.456 e. The zero-order valence-corrected chi connectivity index (χ0v) is 31.9. The smallest absolute Gasteiger partial charge is 0.159 e. The highest BCUT2D eigenvalue weighted by Gasteiger charge is 2.21. The molecule has 58 heavy (non-hydrogen) atoms. The van der Waals surface area contributed by atoms with E-state index in [0.717, 1.165) is 92.9 Å². The first-order chi connectivity index (χ1) is 28.7. The molecule has 12 aromatic rings. The molecule has 0 saturated heterocycles. The molecule has 0 amide bonds. The van der Waals surface area contributed by atoms with Crippen molar-refractivity contribution in [3.05, 3.63) is 194 Å². The lowest BCUT2D eigenvalue weighted by Gasteiger charge is -2.26. The molecule has 0 aliphatic carbocycles. The van der Waals surface area contributed by atoms with Gasteiger partial charge in [0.05, 0.1) is 21.3 Å². The van der Waals surface area contributed by atoms with Crippen LogP contribution >= 0.6 is 11.3 Å². The summed E-state index contributed by atoms with van der Waals surface area (Å²) in [5.74, 6) is 0. The van der Waals surface area contributed by atoms with Crippen molar-refractivity contribution in [1.29, 1.82) is 0 Å². The maximum absolute atomic E-state index is 6.61. The van der Waals surface area contributed by atoms with Crippen LogP contribution in [0.15, 0.2) is 203 Å². The normalized spacial score (nSPS) is 11.8. The van der Waals surface area contributed by atoms with Crippen LogP contribution in [-0.4, -0.2) is 4.98 Å². The highest BCUT2D eigenvalue weighted by molar-refractivity contribution is 7.21. The summed E-state index contributed by atoms with van der Waals surface area (Å²) in [6.07, 6.45) is 0. The van der Waals surface area contributed by atoms with E-state index in [1.54, 1.807) is 11.3 Å². The highest BCUT2D eigenvalue weighted by atomic mass is 32.1. The molecule has 0 bridgehead atoms. The largest absolute Gasteiger partial charge is 0.456 e. The summed E-state index contributed by atoms with van der Waals surface area (Å²) in [6.45, 7) is 0. The molecule has 0 N–H and O–H groups in total. The fourth-order valence-corrected chi connectivity index (χ4v) is 9.52. The lowest BCUT2D eigenvalue weighted by Crippen LogP contribution is -2.10. The molecule has 0 aliphatic heterocycles. The zero-order chi connectivity index (χ0) is 38.2. The van der Waals surface area contributed by atoms with E-state index in [9.17, 15) is 0 Å². The fraction of sp³-hybridized carbons (Fsp3) is 0. The number of benzene rings is 9. The number of hydrogen-bond acceptors (Lipinski definition) is 5. The Labute approximate surface area is 337 Å². The van der Waals surface area contributed by atoms with Gasteiger partial charge in [-0.2, -0.15) is 0 Å². The molecule has 5 heteroatoms. The van der Waals surface area contributed by atoms with Gasteiger partial charge >= 0.3 is 0 Å². The SMILES string of the molecule is c1ccc(-c2nc3c(ccc4oc5ccc(-c6ccc(N(c7ccc(-c8cccc9ccccc89)cc7)c7cccc8c7oc7ccccc78)cc6)cc5c43)s2)cc1. The number of rotatable bonds is 6. The average molecular weight is 761 g/mol. The molecular weight excluding hydrogens is 729 g/mol. The van der Waals surface area contributed by atoms with E-state index < -0.39 is 0 Å². The third-order valence-corrected chi connectivity index (χ3v) is 12.4. The minimum absolute atomic E-state index is 0.849. The Hall–Kier alpha value is -7.47. The second-order valence-corrected chi connectivity index (χ2v) is 15.7. The predicted octanol–water partition coefficient (Wildman–Crippen LogP) is 15.7. The summed E-state index contributed by atoms with van der Waals surface area (Å²) in [7, 11) is 0. The molecule has 0 radical (unpaired) electrons. The monoisotopic (exact) mass is 760 g/mol. The third kappa shape index (κ3) is 5.25. The van der Waals surface area contributed by atoms with Gasteiger partial charge in [0.15, 0.2) is 5.58 Å². The first-order valence-corrected chi connectivity index (χ1v) is 20.3. The van der Waals surface area contributed by atoms with Gasteiger partial charge in [-0.25, -0.2) is 4.98 Å². The molecule has 3 aromatic heterocycles. The van der Waals surface area contributed by atoms with E-state index in [0.29, 0.717) is 0 Å². The predicted molar refractivity (Wildman–Crippen MR) is 243 cm³/mol. The van der Waals surface area contributed by atoms with Crippen LogP contribution in [-0.2, 0) is 0 Å². The molecule has 0 unspecified atom stereocenters. The first kappa shape index (κ1) is 32.7. The standard InChI is InChI=1S/C53H32N2O2S/c1-2-11-36(12-3-1)53-54-51-49(58-53)31-30-48-50(51)44-32-37(24-29-47(44)56-48)33-20-25-38(26-21-33)55(45-18-9-17-43-42-15-6-7-19-46(42)57-52(43)45)39-27-22-35(23-28-39)41-16-8-13-34-10-4-5-14-40(34)41/h1-32H. The van der Waals surface area contributed by atoms with Gasteiger partial charge in [0, 0.05) is 33.1 Å². The molecule has 12 rings (SSSR count). The highest BCUT2D eigenvalue weighted by Crippen LogP contribution is 2.44. The Kier molecular flexibility index (Phi) is 7.37. The number of hydrogen-bond donors (Lipinski definition) is 0. The average Bonchev–Trinajstić information content (AvgIpc) is 4.01. The second-order valence-electron chi connectivity index (χ2n) is 14.7. The molecule has 0 aliphatic rings. The summed E-state index contributed by atoms with van der Waals surface area (Å²) >= 11 is 1.72. The van der Waals surface area contributed by atoms with E-state index in [2.05, 4.69) is 181 Å². The molecule has 0 saturated carbocycles. The number of thiazole rings is 1. The molecular formula is C53H32N2O2S. The van der Waals surface area contributed by atoms with Crippen LogP contribution in [0.1, 0.15) is 0 Å². The number of furan rings is 2. The van der Waals surface area contributed by atoms with Crippen LogP contribution in [0.4, 0.5) is 17.1 Å². The van der Waals surface area contributed by atoms with Crippen molar-refractivity contribution in [2.24, 2.45) is 0 Å². The van der Waals surface area contributed by atoms with E-state index in [4.69, 9.17) is 13.8 Å². The Balaban J connectivity index is 0.970. The Morgan fingerprint density at radius 2 is 1.09 bits per heavy atom. The molecule has 0 spiro atoms. The van der Waals surface area contributed by atoms with E-state index in [1.807, 2.05) is 18.2 Å². The molecule has 0 atom stereocenters. The topological polar surface area (TPSA) is 42.4 Å². The van der Waals surface area contributed by atoms with Gasteiger partial charge in [0.2, 0.25) is 0 Å². The summed E-state index contributed by atoms with van der Waals surface area (Å²) in [4.78, 5) is 7.44. The lowest BCUT2D eigenvalue weighted by atomic mass is 9.98. The number of fused-ring (bicyclic) bond motifs is 9. The zero-order valence-electron chi connectivity index (χ0n) is 31.1. The summed E-state index contributed by atoms with van der Waals surface area (Å²) in [6, 6.07) is 68.5. The Morgan fingerprint density at radius 1 is 0.431 bits per heavy atom. The van der Waals surface area contributed by atoms with Gasteiger partial charge in [0.1, 0.15) is 21.8 Å². The minimum atomic E-state index is 0.849. The van der Waals surface area contributed by atoms with Crippen LogP contribution in [0.2, 0.25) is 0 Å². The van der Waals surface area contributed by atoms with E-state index >= 15 is 0 Å². The van der Waals surface area contributed by atoms with Crippen LogP contribution < -0.4 is 4.90 Å². The number of anilines is 3. The van der Waals surface area contributed by atoms with E-state index in [-0.39, 0.29) is 0 Å². The fourth-order valence-electron chi connectivity index (χ4n) is 8.54. The third-order valence-electron chi connectivity index (χ3n) is 11.3. The van der Waals surface area contributed by atoms with Gasteiger partial charge in [-0.1, -0.05) is 133 Å². The summed E-state index contributed by atoms with van der Waals surface area (Å²) in [5.41, 5.74) is 13.2. The van der Waals surface area contributed by atoms with Gasteiger partial charge in [-0.3, -0.25) is 0 Å². The molecule has 4 nitrogen and oxygen atoms in total. The van der Waals surface area contributed by atoms with Gasteiger partial charge in [-0.15, -0.1) is 11.3 Å². The van der Waals surface area contributed by atoms with Gasteiger partial charge < -0.3 is 13.7 Å². The van der Waals surface area contributed by atoms with Crippen molar-refractivity contribution in [2.75, 3.05) is 4.90 Å². The lowest BCUT2D eigenvalue weighted by molar-refractivity contribution is 0.669. The van der Waals surface area contributed by atoms with Crippen molar-refractivity contribution in [3.8, 4) is 32.8 Å². The van der Waals surface area contributed by atoms with Crippen molar-refractivity contribution in [2.45, 2.75) is 0 Å². The van der Waals surface area contributed by atoms with Crippen LogP contribution in [0.25, 0.3) is 97.7 Å². The second kappa shape index (κ2) is 13.1.